The Labute approximate surface area is 150 Å². The average Bonchev–Trinajstić information content (AvgIpc) is 3.04. The molecule has 0 fully saturated rings. The van der Waals surface area contributed by atoms with E-state index >= 15 is 0 Å². The van der Waals surface area contributed by atoms with Crippen LogP contribution in [0.1, 0.15) is 22.3 Å². The molecular weight excluding hydrogens is 338 g/mol. The highest BCUT2D eigenvalue weighted by Crippen LogP contribution is 2.24. The number of benzene rings is 2. The molecule has 5 nitrogen and oxygen atoms in total. The SMILES string of the molecule is CNC(=O)c1ccc(Cl)c(NC(=O)CCc2c[nH]c3ccccc23)c1. The monoisotopic (exact) mass is 355 g/mol. The van der Waals surface area contributed by atoms with Gasteiger partial charge in [-0.25, -0.2) is 0 Å². The first-order valence-corrected chi connectivity index (χ1v) is 8.33. The molecule has 2 amide bonds. The van der Waals surface area contributed by atoms with Crippen LogP contribution in [-0.2, 0) is 11.2 Å². The minimum atomic E-state index is -0.231. The van der Waals surface area contributed by atoms with E-state index in [0.29, 0.717) is 29.1 Å². The van der Waals surface area contributed by atoms with E-state index in [1.165, 1.54) is 0 Å². The van der Waals surface area contributed by atoms with Gasteiger partial charge in [0, 0.05) is 36.1 Å². The molecule has 25 heavy (non-hydrogen) atoms. The van der Waals surface area contributed by atoms with Crippen molar-refractivity contribution in [1.29, 1.82) is 0 Å². The first-order valence-electron chi connectivity index (χ1n) is 7.95. The molecule has 3 aromatic rings. The number of hydrogen-bond donors (Lipinski definition) is 3. The van der Waals surface area contributed by atoms with E-state index < -0.39 is 0 Å². The molecule has 3 N–H and O–H groups in total. The number of hydrogen-bond acceptors (Lipinski definition) is 2. The number of carbonyl (C=O) groups excluding carboxylic acids is 2. The summed E-state index contributed by atoms with van der Waals surface area (Å²) in [6.45, 7) is 0. The van der Waals surface area contributed by atoms with Crippen molar-refractivity contribution in [3.63, 3.8) is 0 Å². The molecule has 0 aliphatic carbocycles. The van der Waals surface area contributed by atoms with Crippen LogP contribution in [0.3, 0.4) is 0 Å². The summed E-state index contributed by atoms with van der Waals surface area (Å²) >= 11 is 6.11. The van der Waals surface area contributed by atoms with Crippen molar-refractivity contribution < 1.29 is 9.59 Å². The minimum Gasteiger partial charge on any atom is -0.361 e. The van der Waals surface area contributed by atoms with Crippen LogP contribution in [0.5, 0.6) is 0 Å². The Bertz CT molecular complexity index is 933. The second-order valence-electron chi connectivity index (χ2n) is 5.68. The molecule has 1 heterocycles. The van der Waals surface area contributed by atoms with Crippen molar-refractivity contribution in [2.45, 2.75) is 12.8 Å². The maximum atomic E-state index is 12.3. The van der Waals surface area contributed by atoms with Crippen LogP contribution < -0.4 is 10.6 Å². The van der Waals surface area contributed by atoms with Gasteiger partial charge in [-0.1, -0.05) is 29.8 Å². The highest BCUT2D eigenvalue weighted by atomic mass is 35.5. The molecule has 0 saturated heterocycles. The largest absolute Gasteiger partial charge is 0.361 e. The molecule has 3 rings (SSSR count). The molecule has 0 atom stereocenters. The number of aryl methyl sites for hydroxylation is 1. The third kappa shape index (κ3) is 3.83. The number of aromatic nitrogens is 1. The first kappa shape index (κ1) is 17.0. The molecule has 0 aliphatic heterocycles. The van der Waals surface area contributed by atoms with Crippen LogP contribution >= 0.6 is 11.6 Å². The van der Waals surface area contributed by atoms with E-state index in [4.69, 9.17) is 11.6 Å². The number of halogens is 1. The van der Waals surface area contributed by atoms with Crippen molar-refractivity contribution in [2.24, 2.45) is 0 Å². The summed E-state index contributed by atoms with van der Waals surface area (Å²) in [5, 5.41) is 6.84. The van der Waals surface area contributed by atoms with E-state index in [-0.39, 0.29) is 11.8 Å². The molecule has 0 radical (unpaired) electrons. The number of fused-ring (bicyclic) bond motifs is 1. The Morgan fingerprint density at radius 3 is 2.76 bits per heavy atom. The van der Waals surface area contributed by atoms with Crippen LogP contribution in [-0.4, -0.2) is 23.8 Å². The summed E-state index contributed by atoms with van der Waals surface area (Å²) in [4.78, 5) is 27.2. The van der Waals surface area contributed by atoms with Gasteiger partial charge in [0.25, 0.3) is 5.91 Å². The van der Waals surface area contributed by atoms with Crippen LogP contribution in [0.2, 0.25) is 5.02 Å². The fraction of sp³-hybridized carbons (Fsp3) is 0.158. The van der Waals surface area contributed by atoms with E-state index in [2.05, 4.69) is 15.6 Å². The van der Waals surface area contributed by atoms with Crippen LogP contribution in [0.25, 0.3) is 10.9 Å². The number of carbonyl (C=O) groups is 2. The topological polar surface area (TPSA) is 74.0 Å². The van der Waals surface area contributed by atoms with E-state index in [1.54, 1.807) is 25.2 Å². The zero-order valence-corrected chi connectivity index (χ0v) is 14.5. The second kappa shape index (κ2) is 7.40. The lowest BCUT2D eigenvalue weighted by atomic mass is 10.1. The summed E-state index contributed by atoms with van der Waals surface area (Å²) in [5.41, 5.74) is 3.03. The van der Waals surface area contributed by atoms with Gasteiger partial charge in [-0.2, -0.15) is 0 Å². The molecule has 0 spiro atoms. The van der Waals surface area contributed by atoms with Gasteiger partial charge in [0.1, 0.15) is 0 Å². The fourth-order valence-corrected chi connectivity index (χ4v) is 2.87. The van der Waals surface area contributed by atoms with Crippen molar-refractivity contribution >= 4 is 40.0 Å². The maximum absolute atomic E-state index is 12.3. The summed E-state index contributed by atoms with van der Waals surface area (Å²) in [6.07, 6.45) is 2.86. The molecule has 0 saturated carbocycles. The maximum Gasteiger partial charge on any atom is 0.251 e. The Morgan fingerprint density at radius 1 is 1.16 bits per heavy atom. The third-order valence-electron chi connectivity index (χ3n) is 4.03. The fourth-order valence-electron chi connectivity index (χ4n) is 2.71. The molecule has 0 aliphatic rings. The zero-order valence-electron chi connectivity index (χ0n) is 13.7. The molecule has 1 aromatic heterocycles. The van der Waals surface area contributed by atoms with Crippen molar-refractivity contribution in [1.82, 2.24) is 10.3 Å². The van der Waals surface area contributed by atoms with Crippen LogP contribution in [0.4, 0.5) is 5.69 Å². The van der Waals surface area contributed by atoms with Gasteiger partial charge in [0.15, 0.2) is 0 Å². The zero-order chi connectivity index (χ0) is 17.8. The van der Waals surface area contributed by atoms with Crippen molar-refractivity contribution in [3.05, 3.63) is 64.8 Å². The number of anilines is 1. The highest BCUT2D eigenvalue weighted by Gasteiger charge is 2.11. The summed E-state index contributed by atoms with van der Waals surface area (Å²) in [5.74, 6) is -0.382. The van der Waals surface area contributed by atoms with Gasteiger partial charge in [0.05, 0.1) is 10.7 Å². The Balaban J connectivity index is 1.67. The molecule has 0 bridgehead atoms. The molecular formula is C19H18ClN3O2. The summed E-state index contributed by atoms with van der Waals surface area (Å²) < 4.78 is 0. The van der Waals surface area contributed by atoms with E-state index in [0.717, 1.165) is 16.5 Å². The minimum absolute atomic E-state index is 0.152. The van der Waals surface area contributed by atoms with Gasteiger partial charge in [-0.05, 0) is 36.2 Å². The second-order valence-corrected chi connectivity index (χ2v) is 6.09. The number of aromatic amines is 1. The summed E-state index contributed by atoms with van der Waals surface area (Å²) in [7, 11) is 1.55. The Hall–Kier alpha value is -2.79. The smallest absolute Gasteiger partial charge is 0.251 e. The van der Waals surface area contributed by atoms with Gasteiger partial charge < -0.3 is 15.6 Å². The number of rotatable bonds is 5. The predicted octanol–water partition coefficient (Wildman–Crippen LogP) is 3.75. The van der Waals surface area contributed by atoms with Gasteiger partial charge in [-0.3, -0.25) is 9.59 Å². The number of para-hydroxylation sites is 1. The number of amides is 2. The molecule has 6 heteroatoms. The quantitative estimate of drug-likeness (QED) is 0.652. The third-order valence-corrected chi connectivity index (χ3v) is 4.36. The number of nitrogens with one attached hydrogen (secondary N) is 3. The van der Waals surface area contributed by atoms with Gasteiger partial charge >= 0.3 is 0 Å². The van der Waals surface area contributed by atoms with E-state index in [1.807, 2.05) is 30.5 Å². The lowest BCUT2D eigenvalue weighted by Gasteiger charge is -2.09. The number of H-pyrrole nitrogens is 1. The predicted molar refractivity (Wildman–Crippen MR) is 100 cm³/mol. The van der Waals surface area contributed by atoms with Crippen LogP contribution in [0.15, 0.2) is 48.7 Å². The van der Waals surface area contributed by atoms with Gasteiger partial charge in [0.2, 0.25) is 5.91 Å². The Morgan fingerprint density at radius 2 is 1.96 bits per heavy atom. The normalized spacial score (nSPS) is 10.6. The van der Waals surface area contributed by atoms with E-state index in [9.17, 15) is 9.59 Å². The van der Waals surface area contributed by atoms with Crippen molar-refractivity contribution in [2.75, 3.05) is 12.4 Å². The first-order chi connectivity index (χ1) is 12.1. The summed E-state index contributed by atoms with van der Waals surface area (Å²) in [6, 6.07) is 12.8. The Kier molecular flexibility index (Phi) is 5.05. The molecule has 2 aromatic carbocycles. The average molecular weight is 356 g/mol. The van der Waals surface area contributed by atoms with Gasteiger partial charge in [-0.15, -0.1) is 0 Å². The lowest BCUT2D eigenvalue weighted by molar-refractivity contribution is -0.116. The lowest BCUT2D eigenvalue weighted by Crippen LogP contribution is -2.18. The molecule has 0 unspecified atom stereocenters. The standard InChI is InChI=1S/C19H18ClN3O2/c1-21-19(25)12-6-8-15(20)17(10-12)23-18(24)9-7-13-11-22-16-5-3-2-4-14(13)16/h2-6,8,10-11,22H,7,9H2,1H3,(H,21,25)(H,23,24). The molecule has 128 valence electrons. The highest BCUT2D eigenvalue weighted by molar-refractivity contribution is 6.33. The van der Waals surface area contributed by atoms with Crippen LogP contribution in [0, 0.1) is 0 Å². The van der Waals surface area contributed by atoms with Crippen molar-refractivity contribution in [3.8, 4) is 0 Å².